The summed E-state index contributed by atoms with van der Waals surface area (Å²) in [5.41, 5.74) is 0.274. The second-order valence-electron chi connectivity index (χ2n) is 6.09. The molecule has 0 saturated carbocycles. The first-order chi connectivity index (χ1) is 12.0. The number of carbonyl (C=O) groups is 2. The Hall–Kier alpha value is -2.82. The van der Waals surface area contributed by atoms with Gasteiger partial charge in [0, 0.05) is 6.04 Å². The molecule has 1 amide bonds. The van der Waals surface area contributed by atoms with Crippen molar-refractivity contribution in [3.05, 3.63) is 60.2 Å². The van der Waals surface area contributed by atoms with Crippen LogP contribution in [-0.2, 0) is 9.53 Å². The Morgan fingerprint density at radius 2 is 1.60 bits per heavy atom. The Morgan fingerprint density at radius 3 is 2.28 bits per heavy atom. The van der Waals surface area contributed by atoms with Crippen LogP contribution in [0, 0.1) is 5.92 Å². The number of benzene rings is 2. The highest BCUT2D eigenvalue weighted by atomic mass is 16.5. The summed E-state index contributed by atoms with van der Waals surface area (Å²) < 4.78 is 10.8. The maximum absolute atomic E-state index is 12.3. The van der Waals surface area contributed by atoms with Gasteiger partial charge in [-0.15, -0.1) is 0 Å². The van der Waals surface area contributed by atoms with Gasteiger partial charge in [-0.3, -0.25) is 4.79 Å². The number of amides is 1. The van der Waals surface area contributed by atoms with E-state index in [1.165, 1.54) is 0 Å². The van der Waals surface area contributed by atoms with E-state index in [0.717, 1.165) is 0 Å². The van der Waals surface area contributed by atoms with Gasteiger partial charge in [-0.25, -0.2) is 4.79 Å². The van der Waals surface area contributed by atoms with Crippen molar-refractivity contribution in [1.82, 2.24) is 5.32 Å². The third-order valence-electron chi connectivity index (χ3n) is 3.80. The molecule has 0 radical (unpaired) electrons. The van der Waals surface area contributed by atoms with E-state index in [2.05, 4.69) is 5.32 Å². The molecule has 0 heterocycles. The van der Waals surface area contributed by atoms with Gasteiger partial charge < -0.3 is 14.8 Å². The van der Waals surface area contributed by atoms with E-state index in [-0.39, 0.29) is 24.1 Å². The van der Waals surface area contributed by atoms with Crippen LogP contribution in [0.1, 0.15) is 31.1 Å². The number of ether oxygens (including phenoxy) is 2. The Morgan fingerprint density at radius 1 is 0.960 bits per heavy atom. The summed E-state index contributed by atoms with van der Waals surface area (Å²) >= 11 is 0. The molecule has 0 aliphatic heterocycles. The fourth-order valence-electron chi connectivity index (χ4n) is 2.01. The number of carbonyl (C=O) groups excluding carboxylic acids is 2. The van der Waals surface area contributed by atoms with Gasteiger partial charge in [-0.2, -0.15) is 0 Å². The van der Waals surface area contributed by atoms with Crippen LogP contribution in [0.2, 0.25) is 0 Å². The SMILES string of the molecule is CC(C)[C@@H](C)NC(=O)COC(=O)c1ccccc1Oc1ccccc1. The van der Waals surface area contributed by atoms with Crippen molar-refractivity contribution in [2.24, 2.45) is 5.92 Å². The molecule has 0 aliphatic carbocycles. The summed E-state index contributed by atoms with van der Waals surface area (Å²) in [5.74, 6) is 0.385. The molecule has 25 heavy (non-hydrogen) atoms. The maximum atomic E-state index is 12.3. The summed E-state index contributed by atoms with van der Waals surface area (Å²) in [6.07, 6.45) is 0. The molecule has 1 N–H and O–H groups in total. The first kappa shape index (κ1) is 18.5. The largest absolute Gasteiger partial charge is 0.456 e. The van der Waals surface area contributed by atoms with Gasteiger partial charge in [0.1, 0.15) is 17.1 Å². The van der Waals surface area contributed by atoms with Crippen LogP contribution < -0.4 is 10.1 Å². The molecule has 5 nitrogen and oxygen atoms in total. The van der Waals surface area contributed by atoms with Crippen molar-refractivity contribution in [3.63, 3.8) is 0 Å². The zero-order chi connectivity index (χ0) is 18.2. The van der Waals surface area contributed by atoms with Crippen molar-refractivity contribution in [1.29, 1.82) is 0 Å². The summed E-state index contributed by atoms with van der Waals surface area (Å²) in [7, 11) is 0. The van der Waals surface area contributed by atoms with Crippen LogP contribution in [0.4, 0.5) is 0 Å². The Balaban J connectivity index is 1.99. The highest BCUT2D eigenvalue weighted by Gasteiger charge is 2.17. The number of rotatable bonds is 7. The predicted octanol–water partition coefficient (Wildman–Crippen LogP) is 3.80. The van der Waals surface area contributed by atoms with Gasteiger partial charge in [-0.05, 0) is 37.1 Å². The second-order valence-corrected chi connectivity index (χ2v) is 6.09. The van der Waals surface area contributed by atoms with Crippen molar-refractivity contribution in [2.75, 3.05) is 6.61 Å². The number of esters is 1. The van der Waals surface area contributed by atoms with E-state index in [9.17, 15) is 9.59 Å². The molecule has 2 aromatic carbocycles. The lowest BCUT2D eigenvalue weighted by Crippen LogP contribution is -2.38. The summed E-state index contributed by atoms with van der Waals surface area (Å²) in [4.78, 5) is 24.1. The highest BCUT2D eigenvalue weighted by Crippen LogP contribution is 2.25. The van der Waals surface area contributed by atoms with E-state index in [0.29, 0.717) is 17.4 Å². The summed E-state index contributed by atoms with van der Waals surface area (Å²) in [5, 5.41) is 2.79. The van der Waals surface area contributed by atoms with E-state index in [1.807, 2.05) is 39.0 Å². The normalized spacial score (nSPS) is 11.7. The molecule has 0 bridgehead atoms. The molecule has 0 saturated heterocycles. The highest BCUT2D eigenvalue weighted by molar-refractivity contribution is 5.94. The third-order valence-corrected chi connectivity index (χ3v) is 3.80. The van der Waals surface area contributed by atoms with Crippen LogP contribution in [0.5, 0.6) is 11.5 Å². The topological polar surface area (TPSA) is 64.6 Å². The standard InChI is InChI=1S/C20H23NO4/c1-14(2)15(3)21-19(22)13-24-20(23)17-11-7-8-12-18(17)25-16-9-5-4-6-10-16/h4-12,14-15H,13H2,1-3H3,(H,21,22)/t15-/m1/s1. The molecule has 2 aromatic rings. The molecular weight excluding hydrogens is 318 g/mol. The van der Waals surface area contributed by atoms with Gasteiger partial charge in [0.2, 0.25) is 0 Å². The minimum atomic E-state index is -0.598. The number of hydrogen-bond donors (Lipinski definition) is 1. The minimum Gasteiger partial charge on any atom is -0.456 e. The van der Waals surface area contributed by atoms with Crippen molar-refractivity contribution in [3.8, 4) is 11.5 Å². The summed E-state index contributed by atoms with van der Waals surface area (Å²) in [6.45, 7) is 5.60. The first-order valence-corrected chi connectivity index (χ1v) is 8.25. The number of para-hydroxylation sites is 2. The molecular formula is C20H23NO4. The smallest absolute Gasteiger partial charge is 0.342 e. The number of hydrogen-bond acceptors (Lipinski definition) is 4. The fraction of sp³-hybridized carbons (Fsp3) is 0.300. The maximum Gasteiger partial charge on any atom is 0.342 e. The fourth-order valence-corrected chi connectivity index (χ4v) is 2.01. The van der Waals surface area contributed by atoms with E-state index < -0.39 is 5.97 Å². The quantitative estimate of drug-likeness (QED) is 0.778. The average molecular weight is 341 g/mol. The zero-order valence-corrected chi connectivity index (χ0v) is 14.7. The monoisotopic (exact) mass is 341 g/mol. The van der Waals surface area contributed by atoms with Crippen LogP contribution in [-0.4, -0.2) is 24.5 Å². The molecule has 2 rings (SSSR count). The van der Waals surface area contributed by atoms with Gasteiger partial charge in [0.15, 0.2) is 6.61 Å². The Bertz CT molecular complexity index is 713. The minimum absolute atomic E-state index is 0.0138. The lowest BCUT2D eigenvalue weighted by atomic mass is 10.1. The van der Waals surface area contributed by atoms with Gasteiger partial charge >= 0.3 is 5.97 Å². The first-order valence-electron chi connectivity index (χ1n) is 8.25. The lowest BCUT2D eigenvalue weighted by molar-refractivity contribution is -0.125. The van der Waals surface area contributed by atoms with Crippen LogP contribution in [0.15, 0.2) is 54.6 Å². The van der Waals surface area contributed by atoms with E-state index in [4.69, 9.17) is 9.47 Å². The van der Waals surface area contributed by atoms with Gasteiger partial charge in [-0.1, -0.05) is 44.2 Å². The van der Waals surface area contributed by atoms with Gasteiger partial charge in [0.25, 0.3) is 5.91 Å². The molecule has 0 unspecified atom stereocenters. The molecule has 0 aliphatic rings. The molecule has 0 spiro atoms. The molecule has 132 valence electrons. The number of nitrogens with one attached hydrogen (secondary N) is 1. The zero-order valence-electron chi connectivity index (χ0n) is 14.7. The van der Waals surface area contributed by atoms with Crippen molar-refractivity contribution in [2.45, 2.75) is 26.8 Å². The Kier molecular flexibility index (Phi) is 6.57. The van der Waals surface area contributed by atoms with Crippen LogP contribution in [0.25, 0.3) is 0 Å². The second kappa shape index (κ2) is 8.87. The average Bonchev–Trinajstić information content (AvgIpc) is 2.61. The lowest BCUT2D eigenvalue weighted by Gasteiger charge is -2.17. The van der Waals surface area contributed by atoms with E-state index >= 15 is 0 Å². The summed E-state index contributed by atoms with van der Waals surface area (Å²) in [6, 6.07) is 15.9. The van der Waals surface area contributed by atoms with Crippen LogP contribution >= 0.6 is 0 Å². The molecule has 1 atom stereocenters. The third kappa shape index (κ3) is 5.64. The Labute approximate surface area is 148 Å². The molecule has 0 aromatic heterocycles. The predicted molar refractivity (Wildman–Crippen MR) is 95.7 cm³/mol. The molecule has 5 heteroatoms. The van der Waals surface area contributed by atoms with Crippen molar-refractivity contribution < 1.29 is 19.1 Å². The van der Waals surface area contributed by atoms with Crippen molar-refractivity contribution >= 4 is 11.9 Å². The van der Waals surface area contributed by atoms with Gasteiger partial charge in [0.05, 0.1) is 0 Å². The van der Waals surface area contributed by atoms with E-state index in [1.54, 1.807) is 36.4 Å². The molecule has 0 fully saturated rings. The van der Waals surface area contributed by atoms with Crippen LogP contribution in [0.3, 0.4) is 0 Å².